The number of hydrogen-bond acceptors (Lipinski definition) is 6. The first-order chi connectivity index (χ1) is 25.5. The molecule has 3 aliphatic heterocycles. The van der Waals surface area contributed by atoms with Gasteiger partial charge in [-0.3, -0.25) is 14.5 Å². The van der Waals surface area contributed by atoms with Crippen LogP contribution in [0, 0.1) is 0 Å². The largest absolute Gasteiger partial charge is 0.368 e. The Morgan fingerprint density at radius 1 is 0.750 bits per heavy atom. The highest BCUT2D eigenvalue weighted by Crippen LogP contribution is 2.36. The number of likely N-dealkylation sites (N-methyl/N-ethyl adjacent to an activating group) is 1. The number of H-pyrrole nitrogens is 2. The Morgan fingerprint density at radius 2 is 1.29 bits per heavy atom. The number of carbonyl (C=O) groups is 2. The monoisotopic (exact) mass is 697 g/mol. The minimum Gasteiger partial charge on any atom is -0.368 e. The molecule has 0 radical (unpaired) electrons. The third-order valence-electron chi connectivity index (χ3n) is 11.1. The number of benzene rings is 3. The van der Waals surface area contributed by atoms with E-state index >= 15 is 0 Å². The molecule has 0 bridgehead atoms. The van der Waals surface area contributed by atoms with Crippen LogP contribution in [-0.4, -0.2) is 85.8 Å². The lowest BCUT2D eigenvalue weighted by atomic mass is 10.0. The maximum Gasteiger partial charge on any atom is 0.252 e. The first-order valence-corrected chi connectivity index (χ1v) is 18.8. The molecule has 10 nitrogen and oxygen atoms in total. The van der Waals surface area contributed by atoms with Gasteiger partial charge in [0.25, 0.3) is 5.91 Å². The zero-order valence-corrected chi connectivity index (χ0v) is 30.0. The summed E-state index contributed by atoms with van der Waals surface area (Å²) < 4.78 is 5.68. The van der Waals surface area contributed by atoms with Crippen LogP contribution >= 0.6 is 0 Å². The second-order valence-electron chi connectivity index (χ2n) is 14.3. The van der Waals surface area contributed by atoms with Gasteiger partial charge in [0.1, 0.15) is 23.8 Å². The first-order valence-electron chi connectivity index (χ1n) is 18.8. The van der Waals surface area contributed by atoms with E-state index in [0.29, 0.717) is 6.61 Å². The lowest BCUT2D eigenvalue weighted by molar-refractivity contribution is -0.142. The molecule has 2 N–H and O–H groups in total. The molecule has 3 saturated heterocycles. The van der Waals surface area contributed by atoms with E-state index in [1.807, 2.05) is 59.6 Å². The number of amides is 2. The molecule has 52 heavy (non-hydrogen) atoms. The minimum atomic E-state index is -0.323. The molecular weight excluding hydrogens is 651 g/mol. The van der Waals surface area contributed by atoms with Gasteiger partial charge in [0.05, 0.1) is 35.9 Å². The number of likely N-dealkylation sites (tertiary alicyclic amines) is 2. The van der Waals surface area contributed by atoms with Crippen molar-refractivity contribution in [3.63, 3.8) is 0 Å². The van der Waals surface area contributed by atoms with E-state index in [1.165, 1.54) is 0 Å². The number of nitrogens with one attached hydrogen (secondary N) is 2. The zero-order valence-electron chi connectivity index (χ0n) is 30.0. The number of aromatic amines is 2. The lowest BCUT2D eigenvalue weighted by Gasteiger charge is -2.32. The molecule has 8 rings (SSSR count). The highest BCUT2D eigenvalue weighted by molar-refractivity contribution is 5.84. The molecule has 10 heteroatoms. The van der Waals surface area contributed by atoms with Crippen LogP contribution < -0.4 is 0 Å². The summed E-state index contributed by atoms with van der Waals surface area (Å²) in [5, 5.41) is 0. The molecule has 3 aromatic carbocycles. The van der Waals surface area contributed by atoms with Crippen molar-refractivity contribution in [1.82, 2.24) is 34.6 Å². The second kappa shape index (κ2) is 14.9. The maximum atomic E-state index is 14.0. The molecule has 268 valence electrons. The quantitative estimate of drug-likeness (QED) is 0.158. The van der Waals surface area contributed by atoms with Gasteiger partial charge in [-0.15, -0.1) is 0 Å². The SMILES string of the molecule is CCN(C)C(C(=O)N1CCC[C@H]1c1ncc(-c2ccc(-c3ccc(-c4cnc([C@@H]5CCCN5C(=O)[C@@H]5CCCO5)[nH]4)cc3)cc2)[nH]1)c1ccccc1. The predicted octanol–water partition coefficient (Wildman–Crippen LogP) is 7.33. The van der Waals surface area contributed by atoms with Crippen molar-refractivity contribution in [2.45, 2.75) is 69.7 Å². The van der Waals surface area contributed by atoms with Gasteiger partial charge in [-0.2, -0.15) is 0 Å². The van der Waals surface area contributed by atoms with Gasteiger partial charge in [0, 0.05) is 19.7 Å². The van der Waals surface area contributed by atoms with Crippen LogP contribution in [0.5, 0.6) is 0 Å². The highest BCUT2D eigenvalue weighted by atomic mass is 16.5. The number of ether oxygens (including phenoxy) is 1. The molecule has 1 unspecified atom stereocenters. The van der Waals surface area contributed by atoms with Crippen LogP contribution in [0.2, 0.25) is 0 Å². The topological polar surface area (TPSA) is 110 Å². The Bertz CT molecular complexity index is 1980. The standard InChI is InChI=1S/C42H47N7O3/c1-3-47(2)38(32-10-5-4-6-11-32)42(51)49-24-8-13-36(49)40-44-27-34(46-40)31-21-17-29(18-22-31)28-15-19-30(20-16-28)33-26-43-39(45-33)35-12-7-23-48(35)41(50)37-14-9-25-52-37/h4-6,10-11,15-22,26-27,35-38H,3,7-9,12-14,23-25H2,1-2H3,(H,43,45)(H,44,46)/t35-,36-,37-,38?/m0/s1. The Hall–Kier alpha value is -5.06. The van der Waals surface area contributed by atoms with Crippen LogP contribution in [0.25, 0.3) is 33.6 Å². The minimum absolute atomic E-state index is 0.0337. The summed E-state index contributed by atoms with van der Waals surface area (Å²) in [6.07, 6.45) is 8.93. The molecular formula is C42H47N7O3. The maximum absolute atomic E-state index is 14.0. The fourth-order valence-corrected chi connectivity index (χ4v) is 8.14. The fraction of sp³-hybridized carbons (Fsp3) is 0.381. The van der Waals surface area contributed by atoms with Gasteiger partial charge in [-0.25, -0.2) is 9.97 Å². The number of carbonyl (C=O) groups excluding carboxylic acids is 2. The normalized spacial score (nSPS) is 20.9. The van der Waals surface area contributed by atoms with E-state index in [0.717, 1.165) is 109 Å². The average Bonchev–Trinajstić information content (AvgIpc) is 4.04. The number of imidazole rings is 2. The second-order valence-corrected chi connectivity index (χ2v) is 14.3. The van der Waals surface area contributed by atoms with Crippen molar-refractivity contribution in [3.05, 3.63) is 108 Å². The molecule has 5 heterocycles. The molecule has 0 spiro atoms. The Morgan fingerprint density at radius 3 is 1.83 bits per heavy atom. The van der Waals surface area contributed by atoms with E-state index in [9.17, 15) is 9.59 Å². The third kappa shape index (κ3) is 6.68. The smallest absolute Gasteiger partial charge is 0.252 e. The van der Waals surface area contributed by atoms with E-state index in [4.69, 9.17) is 14.7 Å². The molecule has 3 aliphatic rings. The summed E-state index contributed by atoms with van der Waals surface area (Å²) >= 11 is 0. The summed E-state index contributed by atoms with van der Waals surface area (Å²) in [4.78, 5) is 49.8. The first kappa shape index (κ1) is 34.0. The Balaban J connectivity index is 0.931. The molecule has 2 aromatic heterocycles. The van der Waals surface area contributed by atoms with Crippen LogP contribution in [0.1, 0.15) is 80.8 Å². The predicted molar refractivity (Wildman–Crippen MR) is 201 cm³/mol. The van der Waals surface area contributed by atoms with Crippen molar-refractivity contribution in [1.29, 1.82) is 0 Å². The van der Waals surface area contributed by atoms with Crippen molar-refractivity contribution in [2.24, 2.45) is 0 Å². The molecule has 3 fully saturated rings. The molecule has 0 saturated carbocycles. The van der Waals surface area contributed by atoms with Crippen LogP contribution in [0.15, 0.2) is 91.3 Å². The fourth-order valence-electron chi connectivity index (χ4n) is 8.14. The number of hydrogen-bond donors (Lipinski definition) is 2. The van der Waals surface area contributed by atoms with Gasteiger partial charge < -0.3 is 24.5 Å². The van der Waals surface area contributed by atoms with Crippen molar-refractivity contribution in [3.8, 4) is 33.6 Å². The third-order valence-corrected chi connectivity index (χ3v) is 11.1. The average molecular weight is 698 g/mol. The summed E-state index contributed by atoms with van der Waals surface area (Å²) in [5.41, 5.74) is 7.24. The van der Waals surface area contributed by atoms with E-state index < -0.39 is 0 Å². The van der Waals surface area contributed by atoms with Gasteiger partial charge in [0.15, 0.2) is 0 Å². The van der Waals surface area contributed by atoms with Gasteiger partial charge in [-0.1, -0.05) is 85.8 Å². The summed E-state index contributed by atoms with van der Waals surface area (Å²) in [6, 6.07) is 26.6. The highest BCUT2D eigenvalue weighted by Gasteiger charge is 2.38. The summed E-state index contributed by atoms with van der Waals surface area (Å²) in [6.45, 7) is 5.01. The molecule has 4 atom stereocenters. The number of aromatic nitrogens is 4. The van der Waals surface area contributed by atoms with Gasteiger partial charge >= 0.3 is 0 Å². The Labute approximate surface area is 305 Å². The molecule has 0 aliphatic carbocycles. The number of nitrogens with zero attached hydrogens (tertiary/aromatic N) is 5. The van der Waals surface area contributed by atoms with E-state index in [-0.39, 0.29) is 36.0 Å². The zero-order chi connectivity index (χ0) is 35.6. The van der Waals surface area contributed by atoms with Gasteiger partial charge in [0.2, 0.25) is 5.91 Å². The van der Waals surface area contributed by atoms with Crippen molar-refractivity contribution in [2.75, 3.05) is 33.3 Å². The Kier molecular flexibility index (Phi) is 9.75. The summed E-state index contributed by atoms with van der Waals surface area (Å²) in [5.74, 6) is 1.90. The summed E-state index contributed by atoms with van der Waals surface area (Å²) in [7, 11) is 2.02. The molecule has 5 aromatic rings. The molecule has 2 amide bonds. The van der Waals surface area contributed by atoms with Gasteiger partial charge in [-0.05, 0) is 79.9 Å². The van der Waals surface area contributed by atoms with Crippen molar-refractivity contribution < 1.29 is 14.3 Å². The van der Waals surface area contributed by atoms with E-state index in [1.54, 1.807) is 0 Å². The van der Waals surface area contributed by atoms with Crippen LogP contribution in [0.4, 0.5) is 0 Å². The number of rotatable bonds is 10. The van der Waals surface area contributed by atoms with E-state index in [2.05, 4.69) is 70.3 Å². The van der Waals surface area contributed by atoms with Crippen molar-refractivity contribution >= 4 is 11.8 Å². The van der Waals surface area contributed by atoms with Crippen LogP contribution in [-0.2, 0) is 14.3 Å². The lowest BCUT2D eigenvalue weighted by Crippen LogP contribution is -2.41. The van der Waals surface area contributed by atoms with Crippen LogP contribution in [0.3, 0.4) is 0 Å².